The van der Waals surface area contributed by atoms with Gasteiger partial charge < -0.3 is 4.74 Å². The lowest BCUT2D eigenvalue weighted by atomic mass is 10.1. The van der Waals surface area contributed by atoms with Crippen molar-refractivity contribution in [3.05, 3.63) is 107 Å². The van der Waals surface area contributed by atoms with Gasteiger partial charge in [-0.05, 0) is 54.5 Å². The number of thioether (sulfide) groups is 1. The normalized spacial score (nSPS) is 14.4. The Balaban J connectivity index is 1.46. The first-order valence-corrected chi connectivity index (χ1v) is 14.1. The van der Waals surface area contributed by atoms with Crippen LogP contribution in [0, 0.1) is 5.82 Å². The zero-order chi connectivity index (χ0) is 27.2. The van der Waals surface area contributed by atoms with Crippen LogP contribution in [-0.4, -0.2) is 31.5 Å². The molecule has 0 N–H and O–H groups in total. The van der Waals surface area contributed by atoms with Gasteiger partial charge in [0.1, 0.15) is 28.2 Å². The monoisotopic (exact) mass is 557 g/mol. The Morgan fingerprint density at radius 3 is 2.59 bits per heavy atom. The number of rotatable bonds is 10. The number of benzene rings is 3. The minimum Gasteiger partial charge on any atom is -0.489 e. The molecule has 39 heavy (non-hydrogen) atoms. The van der Waals surface area contributed by atoms with Crippen LogP contribution >= 0.6 is 24.0 Å². The zero-order valence-corrected chi connectivity index (χ0v) is 23.2. The molecule has 8 heteroatoms. The van der Waals surface area contributed by atoms with Crippen molar-refractivity contribution in [1.29, 1.82) is 0 Å². The number of aromatic nitrogens is 2. The topological polar surface area (TPSA) is 47.4 Å². The number of halogens is 1. The van der Waals surface area contributed by atoms with Gasteiger partial charge in [-0.15, -0.1) is 0 Å². The number of nitrogens with zero attached hydrogens (tertiary/aromatic N) is 3. The number of carbonyl (C=O) groups excluding carboxylic acids is 1. The van der Waals surface area contributed by atoms with Crippen molar-refractivity contribution < 1.29 is 13.9 Å². The van der Waals surface area contributed by atoms with Crippen LogP contribution in [0.5, 0.6) is 5.75 Å². The van der Waals surface area contributed by atoms with E-state index in [2.05, 4.69) is 6.92 Å². The lowest BCUT2D eigenvalue weighted by molar-refractivity contribution is -0.122. The maximum absolute atomic E-state index is 13.2. The SMILES string of the molecule is CCCCCN1C(=O)/C(=C/c2cn(-c3ccccc3)nc2-c2cccc(OCc3ccc(F)cc3)c2)SC1=S. The Morgan fingerprint density at radius 2 is 1.82 bits per heavy atom. The van der Waals surface area contributed by atoms with E-state index in [1.807, 2.05) is 71.6 Å². The molecule has 3 aromatic carbocycles. The maximum Gasteiger partial charge on any atom is 0.266 e. The molecule has 1 amide bonds. The number of carbonyl (C=O) groups is 1. The zero-order valence-electron chi connectivity index (χ0n) is 21.5. The first-order chi connectivity index (χ1) is 19.0. The van der Waals surface area contributed by atoms with Gasteiger partial charge in [0, 0.05) is 23.9 Å². The molecule has 4 aromatic rings. The van der Waals surface area contributed by atoms with Crippen LogP contribution in [0.25, 0.3) is 23.0 Å². The molecule has 0 aliphatic carbocycles. The van der Waals surface area contributed by atoms with Gasteiger partial charge >= 0.3 is 0 Å². The molecule has 1 aliphatic heterocycles. The Hall–Kier alpha value is -3.75. The molecule has 1 saturated heterocycles. The second kappa shape index (κ2) is 12.4. The van der Waals surface area contributed by atoms with Crippen LogP contribution < -0.4 is 4.74 Å². The third-order valence-electron chi connectivity index (χ3n) is 6.33. The molecule has 0 bridgehead atoms. The van der Waals surface area contributed by atoms with E-state index in [-0.39, 0.29) is 11.7 Å². The van der Waals surface area contributed by atoms with Gasteiger partial charge in [-0.2, -0.15) is 5.10 Å². The molecule has 2 heterocycles. The van der Waals surface area contributed by atoms with Crippen LogP contribution in [0.1, 0.15) is 37.3 Å². The summed E-state index contributed by atoms with van der Waals surface area (Å²) in [6, 6.07) is 23.8. The number of thiocarbonyl (C=S) groups is 1. The Labute approximate surface area is 237 Å². The predicted molar refractivity (Wildman–Crippen MR) is 159 cm³/mol. The van der Waals surface area contributed by atoms with Crippen molar-refractivity contribution in [3.8, 4) is 22.7 Å². The number of amides is 1. The summed E-state index contributed by atoms with van der Waals surface area (Å²) in [4.78, 5) is 15.5. The molecule has 1 fully saturated rings. The van der Waals surface area contributed by atoms with Crippen LogP contribution in [0.15, 0.2) is 90.0 Å². The molecule has 5 rings (SSSR count). The van der Waals surface area contributed by atoms with Gasteiger partial charge in [0.25, 0.3) is 5.91 Å². The summed E-state index contributed by atoms with van der Waals surface area (Å²) in [6.45, 7) is 3.09. The van der Waals surface area contributed by atoms with Crippen molar-refractivity contribution in [2.45, 2.75) is 32.8 Å². The fraction of sp³-hybridized carbons (Fsp3) is 0.194. The lowest BCUT2D eigenvalue weighted by Gasteiger charge is -2.13. The van der Waals surface area contributed by atoms with E-state index in [0.717, 1.165) is 47.3 Å². The van der Waals surface area contributed by atoms with Crippen molar-refractivity contribution in [2.75, 3.05) is 6.54 Å². The van der Waals surface area contributed by atoms with Crippen LogP contribution in [0.2, 0.25) is 0 Å². The number of para-hydroxylation sites is 1. The van der Waals surface area contributed by atoms with Gasteiger partial charge in [0.2, 0.25) is 0 Å². The summed E-state index contributed by atoms with van der Waals surface area (Å²) in [5.41, 5.74) is 4.17. The first-order valence-electron chi connectivity index (χ1n) is 12.9. The van der Waals surface area contributed by atoms with Gasteiger partial charge in [0.15, 0.2) is 0 Å². The number of ether oxygens (including phenoxy) is 1. The Bertz CT molecular complexity index is 1500. The van der Waals surface area contributed by atoms with Crippen molar-refractivity contribution in [2.24, 2.45) is 0 Å². The quantitative estimate of drug-likeness (QED) is 0.114. The number of unbranched alkanes of at least 4 members (excludes halogenated alkanes) is 2. The van der Waals surface area contributed by atoms with Crippen molar-refractivity contribution in [3.63, 3.8) is 0 Å². The smallest absolute Gasteiger partial charge is 0.266 e. The molecule has 1 aromatic heterocycles. The fourth-order valence-corrected chi connectivity index (χ4v) is 5.56. The Morgan fingerprint density at radius 1 is 1.03 bits per heavy atom. The minimum atomic E-state index is -0.278. The van der Waals surface area contributed by atoms with E-state index in [9.17, 15) is 9.18 Å². The minimum absolute atomic E-state index is 0.0594. The summed E-state index contributed by atoms with van der Waals surface area (Å²) in [6.07, 6.45) is 6.88. The largest absolute Gasteiger partial charge is 0.489 e. The van der Waals surface area contributed by atoms with Crippen molar-refractivity contribution >= 4 is 40.3 Å². The fourth-order valence-electron chi connectivity index (χ4n) is 4.26. The second-order valence-corrected chi connectivity index (χ2v) is 10.9. The molecule has 0 atom stereocenters. The van der Waals surface area contributed by atoms with E-state index < -0.39 is 0 Å². The highest BCUT2D eigenvalue weighted by Gasteiger charge is 2.32. The summed E-state index contributed by atoms with van der Waals surface area (Å²) in [7, 11) is 0. The van der Waals surface area contributed by atoms with E-state index in [4.69, 9.17) is 22.1 Å². The number of hydrogen-bond donors (Lipinski definition) is 0. The second-order valence-electron chi connectivity index (χ2n) is 9.20. The Kier molecular flexibility index (Phi) is 8.54. The lowest BCUT2D eigenvalue weighted by Crippen LogP contribution is -2.28. The summed E-state index contributed by atoms with van der Waals surface area (Å²) < 4.78 is 21.7. The summed E-state index contributed by atoms with van der Waals surface area (Å²) >= 11 is 6.87. The molecule has 0 unspecified atom stereocenters. The third-order valence-corrected chi connectivity index (χ3v) is 7.71. The van der Waals surface area contributed by atoms with Gasteiger partial charge in [-0.1, -0.05) is 86.2 Å². The standard InChI is InChI=1S/C31H28FN3O2S2/c1-2-3-7-17-34-30(36)28(39-31(34)38)19-24-20-35(26-10-5-4-6-11-26)33-29(24)23-9-8-12-27(18-23)37-21-22-13-15-25(32)16-14-22/h4-6,8-16,18-20H,2-3,7,17,21H2,1H3/b28-19-. The molecule has 0 saturated carbocycles. The summed E-state index contributed by atoms with van der Waals surface area (Å²) in [5, 5.41) is 4.89. The molecule has 1 aliphatic rings. The number of hydrogen-bond acceptors (Lipinski definition) is 5. The van der Waals surface area contributed by atoms with Gasteiger partial charge in [-0.25, -0.2) is 9.07 Å². The van der Waals surface area contributed by atoms with Crippen LogP contribution in [0.3, 0.4) is 0 Å². The molecule has 198 valence electrons. The van der Waals surface area contributed by atoms with Crippen LogP contribution in [-0.2, 0) is 11.4 Å². The third kappa shape index (κ3) is 6.46. The van der Waals surface area contributed by atoms with E-state index in [0.29, 0.717) is 28.1 Å². The highest BCUT2D eigenvalue weighted by atomic mass is 32.2. The van der Waals surface area contributed by atoms with Crippen LogP contribution in [0.4, 0.5) is 4.39 Å². The molecule has 0 spiro atoms. The molecule has 0 radical (unpaired) electrons. The maximum atomic E-state index is 13.2. The highest BCUT2D eigenvalue weighted by molar-refractivity contribution is 8.26. The van der Waals surface area contributed by atoms with E-state index in [1.165, 1.54) is 23.9 Å². The molecule has 5 nitrogen and oxygen atoms in total. The summed E-state index contributed by atoms with van der Waals surface area (Å²) in [5.74, 6) is 0.329. The first kappa shape index (κ1) is 26.8. The van der Waals surface area contributed by atoms with Gasteiger partial charge in [-0.3, -0.25) is 9.69 Å². The van der Waals surface area contributed by atoms with E-state index >= 15 is 0 Å². The average Bonchev–Trinajstić information content (AvgIpc) is 3.50. The van der Waals surface area contributed by atoms with Crippen molar-refractivity contribution in [1.82, 2.24) is 14.7 Å². The average molecular weight is 558 g/mol. The van der Waals surface area contributed by atoms with Gasteiger partial charge in [0.05, 0.1) is 10.6 Å². The highest BCUT2D eigenvalue weighted by Crippen LogP contribution is 2.35. The predicted octanol–water partition coefficient (Wildman–Crippen LogP) is 7.65. The molecular formula is C31H28FN3O2S2. The van der Waals surface area contributed by atoms with E-state index in [1.54, 1.807) is 17.0 Å². The molecular weight excluding hydrogens is 529 g/mol.